The van der Waals surface area contributed by atoms with Crippen LogP contribution in [0.25, 0.3) is 0 Å². The van der Waals surface area contributed by atoms with E-state index in [1.165, 1.54) is 36.3 Å². The second-order valence-corrected chi connectivity index (χ2v) is 5.66. The smallest absolute Gasteiger partial charge is 0.327 e. The third-order valence-corrected chi connectivity index (χ3v) is 3.62. The van der Waals surface area contributed by atoms with Crippen molar-refractivity contribution in [3.8, 4) is 0 Å². The zero-order chi connectivity index (χ0) is 18.4. The Labute approximate surface area is 145 Å². The number of pyridine rings is 1. The largest absolute Gasteiger partial charge is 0.468 e. The van der Waals surface area contributed by atoms with Crippen LogP contribution in [0.2, 0.25) is 0 Å². The van der Waals surface area contributed by atoms with Gasteiger partial charge < -0.3 is 10.1 Å². The normalized spacial score (nSPS) is 11.9. The third kappa shape index (κ3) is 5.09. The highest BCUT2D eigenvalue weighted by Gasteiger charge is 2.27. The molecule has 0 radical (unpaired) electrons. The number of carbonyl (C=O) groups is 2. The highest BCUT2D eigenvalue weighted by atomic mass is 19.1. The summed E-state index contributed by atoms with van der Waals surface area (Å²) in [5, 5.41) is 2.67. The third-order valence-electron chi connectivity index (χ3n) is 3.62. The van der Waals surface area contributed by atoms with Crippen molar-refractivity contribution in [2.24, 2.45) is 0 Å². The number of nitrogens with zero attached hydrogens (tertiary/aromatic N) is 2. The number of hydrogen-bond donors (Lipinski definition) is 1. The van der Waals surface area contributed by atoms with E-state index in [4.69, 9.17) is 4.74 Å². The lowest BCUT2D eigenvalue weighted by atomic mass is 10.1. The molecule has 0 saturated heterocycles. The predicted molar refractivity (Wildman–Crippen MR) is 91.4 cm³/mol. The van der Waals surface area contributed by atoms with Crippen molar-refractivity contribution in [1.29, 1.82) is 0 Å². The van der Waals surface area contributed by atoms with E-state index in [-0.39, 0.29) is 12.5 Å². The first-order valence-corrected chi connectivity index (χ1v) is 7.66. The molecule has 1 atom stereocenters. The Bertz CT molecular complexity index is 732. The summed E-state index contributed by atoms with van der Waals surface area (Å²) in [5.41, 5.74) is 1.52. The van der Waals surface area contributed by atoms with E-state index in [0.29, 0.717) is 11.4 Å². The molecule has 1 N–H and O–H groups in total. The van der Waals surface area contributed by atoms with Gasteiger partial charge in [0, 0.05) is 6.20 Å². The molecule has 0 bridgehead atoms. The average molecular weight is 345 g/mol. The van der Waals surface area contributed by atoms with Crippen LogP contribution in [-0.2, 0) is 14.3 Å². The quantitative estimate of drug-likeness (QED) is 0.814. The lowest BCUT2D eigenvalue weighted by Gasteiger charge is -2.25. The molecule has 0 aliphatic carbocycles. The van der Waals surface area contributed by atoms with Crippen molar-refractivity contribution >= 4 is 17.7 Å². The van der Waals surface area contributed by atoms with Gasteiger partial charge in [-0.1, -0.05) is 18.2 Å². The molecule has 6 nitrogen and oxygen atoms in total. The SMILES string of the molecule is COC(=O)C(c1ccc(F)cc1)N(C)CC(=O)Nc1ccc(C)cn1. The standard InChI is InChI=1S/C18H20FN3O3/c1-12-4-9-15(20-10-12)21-16(23)11-22(2)17(18(24)25-3)13-5-7-14(19)8-6-13/h4-10,17H,11H2,1-3H3,(H,20,21,23). The number of anilines is 1. The molecule has 1 amide bonds. The Morgan fingerprint density at radius 2 is 1.92 bits per heavy atom. The number of likely N-dealkylation sites (N-methyl/N-ethyl adjacent to an activating group) is 1. The molecule has 0 saturated carbocycles. The molecule has 0 aliphatic heterocycles. The number of nitrogens with one attached hydrogen (secondary N) is 1. The van der Waals surface area contributed by atoms with Crippen LogP contribution < -0.4 is 5.32 Å². The first kappa shape index (κ1) is 18.5. The number of esters is 1. The summed E-state index contributed by atoms with van der Waals surface area (Å²) in [7, 11) is 2.89. The minimum atomic E-state index is -0.817. The summed E-state index contributed by atoms with van der Waals surface area (Å²) in [6.07, 6.45) is 1.65. The fraction of sp³-hybridized carbons (Fsp3) is 0.278. The lowest BCUT2D eigenvalue weighted by molar-refractivity contribution is -0.147. The number of carbonyl (C=O) groups excluding carboxylic acids is 2. The molecule has 0 fully saturated rings. The van der Waals surface area contributed by atoms with Crippen molar-refractivity contribution in [1.82, 2.24) is 9.88 Å². The Morgan fingerprint density at radius 3 is 2.48 bits per heavy atom. The Kier molecular flexibility index (Phi) is 6.19. The van der Waals surface area contributed by atoms with Gasteiger partial charge in [0.25, 0.3) is 0 Å². The van der Waals surface area contributed by atoms with Crippen LogP contribution in [0.15, 0.2) is 42.6 Å². The summed E-state index contributed by atoms with van der Waals surface area (Å²) >= 11 is 0. The van der Waals surface area contributed by atoms with Crippen molar-refractivity contribution in [3.05, 3.63) is 59.5 Å². The first-order chi connectivity index (χ1) is 11.9. The topological polar surface area (TPSA) is 71.5 Å². The number of benzene rings is 1. The van der Waals surface area contributed by atoms with E-state index in [0.717, 1.165) is 5.56 Å². The monoisotopic (exact) mass is 345 g/mol. The Balaban J connectivity index is 2.09. The number of hydrogen-bond acceptors (Lipinski definition) is 5. The molecule has 1 unspecified atom stereocenters. The first-order valence-electron chi connectivity index (χ1n) is 7.66. The zero-order valence-corrected chi connectivity index (χ0v) is 14.3. The van der Waals surface area contributed by atoms with E-state index in [2.05, 4.69) is 10.3 Å². The van der Waals surface area contributed by atoms with Gasteiger partial charge >= 0.3 is 5.97 Å². The zero-order valence-electron chi connectivity index (χ0n) is 14.3. The van der Waals surface area contributed by atoms with Crippen molar-refractivity contribution in [2.45, 2.75) is 13.0 Å². The number of amides is 1. The van der Waals surface area contributed by atoms with Gasteiger partial charge in [-0.05, 0) is 43.3 Å². The van der Waals surface area contributed by atoms with Gasteiger partial charge in [-0.2, -0.15) is 0 Å². The van der Waals surface area contributed by atoms with Gasteiger partial charge in [-0.3, -0.25) is 9.69 Å². The van der Waals surface area contributed by atoms with Gasteiger partial charge in [-0.15, -0.1) is 0 Å². The lowest BCUT2D eigenvalue weighted by Crippen LogP contribution is -2.37. The van der Waals surface area contributed by atoms with Crippen LogP contribution in [0.1, 0.15) is 17.2 Å². The molecule has 2 rings (SSSR count). The number of ether oxygens (including phenoxy) is 1. The molecule has 0 aliphatic rings. The maximum Gasteiger partial charge on any atom is 0.327 e. The molecule has 1 heterocycles. The molecular formula is C18H20FN3O3. The second-order valence-electron chi connectivity index (χ2n) is 5.66. The van der Waals surface area contributed by atoms with E-state index >= 15 is 0 Å². The van der Waals surface area contributed by atoms with E-state index in [1.807, 2.05) is 13.0 Å². The highest BCUT2D eigenvalue weighted by Crippen LogP contribution is 2.21. The average Bonchev–Trinajstić information content (AvgIpc) is 2.58. The summed E-state index contributed by atoms with van der Waals surface area (Å²) in [5.74, 6) is -0.830. The van der Waals surface area contributed by atoms with Gasteiger partial charge in [0.15, 0.2) is 0 Å². The molecular weight excluding hydrogens is 325 g/mol. The van der Waals surface area contributed by atoms with Crippen LogP contribution in [-0.4, -0.2) is 42.5 Å². The number of methoxy groups -OCH3 is 1. The number of halogens is 1. The predicted octanol–water partition coefficient (Wildman–Crippen LogP) is 2.31. The van der Waals surface area contributed by atoms with Crippen LogP contribution in [0, 0.1) is 12.7 Å². The van der Waals surface area contributed by atoms with Crippen LogP contribution >= 0.6 is 0 Å². The highest BCUT2D eigenvalue weighted by molar-refractivity contribution is 5.91. The molecule has 132 valence electrons. The minimum absolute atomic E-state index is 0.0628. The van der Waals surface area contributed by atoms with Gasteiger partial charge in [0.2, 0.25) is 5.91 Å². The van der Waals surface area contributed by atoms with Gasteiger partial charge in [-0.25, -0.2) is 14.2 Å². The summed E-state index contributed by atoms with van der Waals surface area (Å²) < 4.78 is 17.9. The summed E-state index contributed by atoms with van der Waals surface area (Å²) in [4.78, 5) is 30.0. The maximum absolute atomic E-state index is 13.1. The number of aryl methyl sites for hydroxylation is 1. The van der Waals surface area contributed by atoms with Crippen molar-refractivity contribution in [3.63, 3.8) is 0 Å². The minimum Gasteiger partial charge on any atom is -0.468 e. The van der Waals surface area contributed by atoms with Crippen LogP contribution in [0.5, 0.6) is 0 Å². The van der Waals surface area contributed by atoms with E-state index < -0.39 is 17.8 Å². The molecule has 1 aromatic carbocycles. The van der Waals surface area contributed by atoms with Gasteiger partial charge in [0.05, 0.1) is 13.7 Å². The van der Waals surface area contributed by atoms with Crippen molar-refractivity contribution in [2.75, 3.05) is 26.0 Å². The molecule has 1 aromatic heterocycles. The Morgan fingerprint density at radius 1 is 1.24 bits per heavy atom. The molecule has 2 aromatic rings. The summed E-state index contributed by atoms with van der Waals surface area (Å²) in [6.45, 7) is 1.84. The second kappa shape index (κ2) is 8.34. The Hall–Kier alpha value is -2.80. The molecule has 0 spiro atoms. The van der Waals surface area contributed by atoms with Gasteiger partial charge in [0.1, 0.15) is 17.7 Å². The number of aromatic nitrogens is 1. The fourth-order valence-electron chi connectivity index (χ4n) is 2.37. The molecule has 25 heavy (non-hydrogen) atoms. The number of rotatable bonds is 6. The van der Waals surface area contributed by atoms with Crippen LogP contribution in [0.4, 0.5) is 10.2 Å². The summed E-state index contributed by atoms with van der Waals surface area (Å²) in [6, 6.07) is 8.22. The van der Waals surface area contributed by atoms with E-state index in [1.54, 1.807) is 19.3 Å². The van der Waals surface area contributed by atoms with E-state index in [9.17, 15) is 14.0 Å². The maximum atomic E-state index is 13.1. The van der Waals surface area contributed by atoms with Crippen LogP contribution in [0.3, 0.4) is 0 Å². The van der Waals surface area contributed by atoms with Crippen molar-refractivity contribution < 1.29 is 18.7 Å². The molecule has 7 heteroatoms. The fourth-order valence-corrected chi connectivity index (χ4v) is 2.37.